The van der Waals surface area contributed by atoms with Gasteiger partial charge in [0.2, 0.25) is 0 Å². The van der Waals surface area contributed by atoms with E-state index >= 15 is 0 Å². The van der Waals surface area contributed by atoms with Gasteiger partial charge in [-0.05, 0) is 32.4 Å². The summed E-state index contributed by atoms with van der Waals surface area (Å²) in [5.74, 6) is 1.61. The molecular weight excluding hydrogens is 556 g/mol. The summed E-state index contributed by atoms with van der Waals surface area (Å²) in [6.07, 6.45) is -13.7. The second kappa shape index (κ2) is 17.3. The van der Waals surface area contributed by atoms with Gasteiger partial charge in [-0.2, -0.15) is 0 Å². The predicted octanol–water partition coefficient (Wildman–Crippen LogP) is -4.63. The fourth-order valence-corrected chi connectivity index (χ4v) is 4.99. The van der Waals surface area contributed by atoms with Crippen LogP contribution in [0.3, 0.4) is 0 Å². The lowest BCUT2D eigenvalue weighted by molar-refractivity contribution is -0.676. The highest BCUT2D eigenvalue weighted by Gasteiger charge is 2.34. The van der Waals surface area contributed by atoms with Crippen LogP contribution in [0, 0.1) is 0 Å². The molecule has 1 aromatic carbocycles. The van der Waals surface area contributed by atoms with Crippen LogP contribution in [0.5, 0.6) is 5.75 Å². The molecule has 42 heavy (non-hydrogen) atoms. The van der Waals surface area contributed by atoms with Crippen LogP contribution in [0.25, 0.3) is 11.0 Å². The zero-order valence-electron chi connectivity index (χ0n) is 24.2. The lowest BCUT2D eigenvalue weighted by Gasteiger charge is -2.33. The summed E-state index contributed by atoms with van der Waals surface area (Å²) in [7, 11) is 0. The molecule has 0 unspecified atom stereocenters. The molecule has 1 heterocycles. The van der Waals surface area contributed by atoms with Crippen LogP contribution in [-0.2, 0) is 19.6 Å². The van der Waals surface area contributed by atoms with Gasteiger partial charge in [0.1, 0.15) is 42.4 Å². The Morgan fingerprint density at radius 2 is 1.36 bits per heavy atom. The average molecular weight is 606 g/mol. The van der Waals surface area contributed by atoms with Gasteiger partial charge in [-0.3, -0.25) is 4.90 Å². The normalized spacial score (nSPS) is 18.0. The molecule has 242 valence electrons. The largest absolute Gasteiger partial charge is 0.493 e. The van der Waals surface area contributed by atoms with Crippen LogP contribution in [0.4, 0.5) is 0 Å². The number of nitrogens with two attached hydrogens (primary N) is 1. The Hall–Kier alpha value is -1.99. The van der Waals surface area contributed by atoms with Crippen LogP contribution >= 0.6 is 0 Å². The molecule has 0 aliphatic rings. The highest BCUT2D eigenvalue weighted by molar-refractivity contribution is 5.74. The predicted molar refractivity (Wildman–Crippen MR) is 150 cm³/mol. The van der Waals surface area contributed by atoms with Gasteiger partial charge < -0.3 is 61.5 Å². The van der Waals surface area contributed by atoms with E-state index in [0.717, 1.165) is 29.9 Å². The van der Waals surface area contributed by atoms with Crippen LogP contribution in [0.15, 0.2) is 18.2 Å². The average Bonchev–Trinajstić information content (AvgIpc) is 3.32. The van der Waals surface area contributed by atoms with Crippen LogP contribution in [-0.4, -0.2) is 149 Å². The molecule has 0 saturated carbocycles. The highest BCUT2D eigenvalue weighted by atomic mass is 16.5. The summed E-state index contributed by atoms with van der Waals surface area (Å²) < 4.78 is 10.2. The number of aliphatic hydroxyl groups is 10. The van der Waals surface area contributed by atoms with Crippen molar-refractivity contribution in [3.05, 3.63) is 24.0 Å². The topological polar surface area (TPSA) is 250 Å². The van der Waals surface area contributed by atoms with Crippen molar-refractivity contribution in [1.82, 2.24) is 9.47 Å². The first-order valence-corrected chi connectivity index (χ1v) is 14.2. The summed E-state index contributed by atoms with van der Waals surface area (Å²) in [6, 6.07) is 5.72. The molecule has 15 nitrogen and oxygen atoms in total. The molecule has 15 heteroatoms. The second-order valence-electron chi connectivity index (χ2n) is 10.3. The van der Waals surface area contributed by atoms with Crippen molar-refractivity contribution in [2.75, 3.05) is 39.5 Å². The minimum absolute atomic E-state index is 0.158. The Labute approximate surface area is 244 Å². The van der Waals surface area contributed by atoms with Gasteiger partial charge in [0.25, 0.3) is 5.82 Å². The molecule has 2 aromatic rings. The third kappa shape index (κ3) is 9.01. The summed E-state index contributed by atoms with van der Waals surface area (Å²) in [4.78, 5) is 1.43. The number of aromatic nitrogens is 2. The zero-order chi connectivity index (χ0) is 31.6. The van der Waals surface area contributed by atoms with E-state index in [9.17, 15) is 40.9 Å². The van der Waals surface area contributed by atoms with Crippen molar-refractivity contribution in [2.24, 2.45) is 5.73 Å². The molecule has 12 N–H and O–H groups in total. The van der Waals surface area contributed by atoms with E-state index in [1.54, 1.807) is 0 Å². The van der Waals surface area contributed by atoms with Crippen LogP contribution in [0.2, 0.25) is 0 Å². The standard InChI is InChI=1S/C27H49N4O11/c1-3-30-17-7-6-16(10-18(17)31(4-2)23(30)11-28)42-9-5-8-29(12-19(34)24(38)26(40)21(36)14-32)13-20(35)25(39)27(41)22(37)15-33/h6-7,10,19-22,24-27,32-41H,3-5,8-9,11-15,28H2,1-2H3/q+1/t19-,20-,21+,22+,24+,25+,26+,27+/m0/s1. The molecule has 8 atom stereocenters. The quantitative estimate of drug-likeness (QED) is 0.0503. The van der Waals surface area contributed by atoms with E-state index in [1.807, 2.05) is 32.0 Å². The number of nitrogens with zero attached hydrogens (tertiary/aromatic N) is 3. The maximum absolute atomic E-state index is 10.5. The maximum atomic E-state index is 10.5. The first kappa shape index (κ1) is 36.2. The zero-order valence-corrected chi connectivity index (χ0v) is 24.2. The number of rotatable bonds is 20. The lowest BCUT2D eigenvalue weighted by Crippen LogP contribution is -2.53. The summed E-state index contributed by atoms with van der Waals surface area (Å²) >= 11 is 0. The summed E-state index contributed by atoms with van der Waals surface area (Å²) in [6.45, 7) is 3.95. The molecule has 0 radical (unpaired) electrons. The van der Waals surface area contributed by atoms with Crippen molar-refractivity contribution >= 4 is 11.0 Å². The van der Waals surface area contributed by atoms with Gasteiger partial charge >= 0.3 is 0 Å². The fourth-order valence-electron chi connectivity index (χ4n) is 4.99. The SMILES string of the molecule is CCn1c(CN)[n+](CC)c2ccc(OCCCN(C[C@H](O)[C@@H](O)[C@H](O)[C@H](O)CO)C[C@H](O)[C@@H](O)[C@H](O)[C@H](O)CO)cc21. The van der Waals surface area contributed by atoms with E-state index < -0.39 is 62.0 Å². The Balaban J connectivity index is 2.11. The molecule has 0 aliphatic heterocycles. The minimum Gasteiger partial charge on any atom is -0.493 e. The second-order valence-corrected chi connectivity index (χ2v) is 10.3. The third-order valence-electron chi connectivity index (χ3n) is 7.40. The van der Waals surface area contributed by atoms with E-state index in [-0.39, 0.29) is 26.2 Å². The number of aryl methyl sites for hydroxylation is 2. The van der Waals surface area contributed by atoms with E-state index in [4.69, 9.17) is 20.7 Å². The number of hydrogen-bond donors (Lipinski definition) is 11. The van der Waals surface area contributed by atoms with Crippen LogP contribution in [0.1, 0.15) is 26.1 Å². The van der Waals surface area contributed by atoms with Gasteiger partial charge in [0.05, 0.1) is 51.7 Å². The Morgan fingerprint density at radius 1 is 0.833 bits per heavy atom. The van der Waals surface area contributed by atoms with Crippen molar-refractivity contribution in [3.63, 3.8) is 0 Å². The molecule has 0 saturated heterocycles. The van der Waals surface area contributed by atoms with Crippen LogP contribution < -0.4 is 15.0 Å². The molecule has 2 rings (SSSR count). The van der Waals surface area contributed by atoms with Gasteiger partial charge in [-0.25, -0.2) is 9.13 Å². The first-order chi connectivity index (χ1) is 19.9. The van der Waals surface area contributed by atoms with Crippen molar-refractivity contribution in [3.8, 4) is 5.75 Å². The maximum Gasteiger partial charge on any atom is 0.271 e. The molecule has 0 spiro atoms. The van der Waals surface area contributed by atoms with E-state index in [0.29, 0.717) is 18.7 Å². The van der Waals surface area contributed by atoms with Gasteiger partial charge in [0.15, 0.2) is 11.0 Å². The lowest BCUT2D eigenvalue weighted by atomic mass is 10.0. The number of fused-ring (bicyclic) bond motifs is 1. The number of ether oxygens (including phenoxy) is 1. The fraction of sp³-hybridized carbons (Fsp3) is 0.741. The molecule has 0 amide bonds. The first-order valence-electron chi connectivity index (χ1n) is 14.2. The number of imidazole rings is 1. The number of hydrogen-bond acceptors (Lipinski definition) is 13. The molecule has 0 bridgehead atoms. The Kier molecular flexibility index (Phi) is 14.9. The van der Waals surface area contributed by atoms with Gasteiger partial charge in [-0.1, -0.05) is 0 Å². The van der Waals surface area contributed by atoms with E-state index in [2.05, 4.69) is 9.13 Å². The summed E-state index contributed by atoms with van der Waals surface area (Å²) in [5, 5.41) is 98.6. The Morgan fingerprint density at radius 3 is 1.81 bits per heavy atom. The summed E-state index contributed by atoms with van der Waals surface area (Å²) in [5.41, 5.74) is 8.00. The minimum atomic E-state index is -1.85. The number of benzene rings is 1. The van der Waals surface area contributed by atoms with Crippen molar-refractivity contribution in [1.29, 1.82) is 0 Å². The molecule has 1 aromatic heterocycles. The van der Waals surface area contributed by atoms with Gasteiger partial charge in [-0.15, -0.1) is 0 Å². The number of aliphatic hydroxyl groups excluding tert-OH is 10. The molecular formula is C27H49N4O11+. The molecule has 0 aliphatic carbocycles. The van der Waals surface area contributed by atoms with Crippen molar-refractivity contribution in [2.45, 2.75) is 88.7 Å². The smallest absolute Gasteiger partial charge is 0.271 e. The third-order valence-corrected chi connectivity index (χ3v) is 7.40. The van der Waals surface area contributed by atoms with Crippen molar-refractivity contribution < 1.29 is 60.4 Å². The Bertz CT molecular complexity index is 1040. The highest BCUT2D eigenvalue weighted by Crippen LogP contribution is 2.22. The molecule has 0 fully saturated rings. The van der Waals surface area contributed by atoms with E-state index in [1.165, 1.54) is 4.90 Å². The monoisotopic (exact) mass is 605 g/mol. The van der Waals surface area contributed by atoms with Gasteiger partial charge in [0, 0.05) is 25.7 Å².